The van der Waals surface area contributed by atoms with Gasteiger partial charge in [0.1, 0.15) is 5.75 Å². The fourth-order valence-corrected chi connectivity index (χ4v) is 2.98. The number of para-hydroxylation sites is 1. The van der Waals surface area contributed by atoms with Gasteiger partial charge in [-0.2, -0.15) is 0 Å². The van der Waals surface area contributed by atoms with Gasteiger partial charge in [0.25, 0.3) is 11.8 Å². The Morgan fingerprint density at radius 1 is 0.917 bits per heavy atom. The van der Waals surface area contributed by atoms with Crippen molar-refractivity contribution in [2.75, 3.05) is 0 Å². The molecule has 0 saturated carbocycles. The maximum absolute atomic E-state index is 12.1. The third-order valence-electron chi connectivity index (χ3n) is 3.33. The largest absolute Gasteiger partial charge is 0.507 e. The van der Waals surface area contributed by atoms with Gasteiger partial charge >= 0.3 is 0 Å². The fourth-order valence-electron chi connectivity index (χ4n) is 2.15. The zero-order chi connectivity index (χ0) is 17.1. The number of phenolic OH excluding ortho intramolecular Hbond substituents is 1. The van der Waals surface area contributed by atoms with E-state index in [1.54, 1.807) is 42.5 Å². The second-order valence-electron chi connectivity index (χ2n) is 4.91. The van der Waals surface area contributed by atoms with Crippen LogP contribution in [0, 0.1) is 0 Å². The van der Waals surface area contributed by atoms with E-state index in [-0.39, 0.29) is 20.9 Å². The van der Waals surface area contributed by atoms with Gasteiger partial charge in [-0.3, -0.25) is 25.2 Å². The minimum atomic E-state index is -0.658. The highest BCUT2D eigenvalue weighted by atomic mass is 32.1. The molecule has 0 aliphatic carbocycles. The van der Waals surface area contributed by atoms with Gasteiger partial charge in [-0.25, -0.2) is 0 Å². The van der Waals surface area contributed by atoms with Crippen LogP contribution in [0.15, 0.2) is 59.4 Å². The van der Waals surface area contributed by atoms with Gasteiger partial charge in [0.05, 0.1) is 10.4 Å². The van der Waals surface area contributed by atoms with E-state index in [1.807, 2.05) is 0 Å². The Kier molecular flexibility index (Phi) is 4.26. The summed E-state index contributed by atoms with van der Waals surface area (Å²) in [5.41, 5.74) is 4.48. The van der Waals surface area contributed by atoms with Crippen molar-refractivity contribution >= 4 is 33.9 Å². The number of phenols is 1. The smallest absolute Gasteiger partial charge is 0.279 e. The minimum absolute atomic E-state index is 0.0319. The number of benzene rings is 2. The van der Waals surface area contributed by atoms with E-state index in [4.69, 9.17) is 0 Å². The van der Waals surface area contributed by atoms with Crippen LogP contribution in [0.5, 0.6) is 5.75 Å². The molecule has 24 heavy (non-hydrogen) atoms. The molecule has 1 aromatic heterocycles. The molecule has 6 nitrogen and oxygen atoms in total. The molecule has 3 N–H and O–H groups in total. The molecule has 0 aliphatic rings. The molecule has 3 rings (SSSR count). The van der Waals surface area contributed by atoms with E-state index in [9.17, 15) is 19.5 Å². The zero-order valence-electron chi connectivity index (χ0n) is 12.3. The summed E-state index contributed by atoms with van der Waals surface area (Å²) in [6, 6.07) is 14.5. The highest BCUT2D eigenvalue weighted by Crippen LogP contribution is 2.16. The van der Waals surface area contributed by atoms with Crippen molar-refractivity contribution in [3.63, 3.8) is 0 Å². The van der Waals surface area contributed by atoms with Crippen molar-refractivity contribution in [2.45, 2.75) is 0 Å². The number of nitrogens with one attached hydrogen (secondary N) is 2. The highest BCUT2D eigenvalue weighted by molar-refractivity contribution is 7.12. The number of carbonyl (C=O) groups is 2. The van der Waals surface area contributed by atoms with E-state index in [0.29, 0.717) is 10.8 Å². The maximum atomic E-state index is 12.1. The fraction of sp³-hybridized carbons (Fsp3) is 0. The number of hydrogen-bond donors (Lipinski definition) is 3. The highest BCUT2D eigenvalue weighted by Gasteiger charge is 2.14. The average Bonchev–Trinajstić information content (AvgIpc) is 2.59. The second-order valence-corrected chi connectivity index (χ2v) is 5.93. The summed E-state index contributed by atoms with van der Waals surface area (Å²) in [5.74, 6) is -1.46. The summed E-state index contributed by atoms with van der Waals surface area (Å²) < 4.78 is -0.231. The van der Waals surface area contributed by atoms with Crippen molar-refractivity contribution in [2.24, 2.45) is 0 Å². The minimum Gasteiger partial charge on any atom is -0.507 e. The summed E-state index contributed by atoms with van der Waals surface area (Å²) >= 11 is 0.797. The van der Waals surface area contributed by atoms with Crippen LogP contribution in [0.2, 0.25) is 0 Å². The Balaban J connectivity index is 1.77. The van der Waals surface area contributed by atoms with Gasteiger partial charge in [0, 0.05) is 5.39 Å². The lowest BCUT2D eigenvalue weighted by atomic mass is 10.2. The first-order valence-electron chi connectivity index (χ1n) is 6.98. The second kappa shape index (κ2) is 6.51. The lowest BCUT2D eigenvalue weighted by molar-refractivity contribution is 0.0847. The van der Waals surface area contributed by atoms with E-state index in [2.05, 4.69) is 10.9 Å². The summed E-state index contributed by atoms with van der Waals surface area (Å²) in [4.78, 5) is 36.3. The third kappa shape index (κ3) is 3.11. The Labute approximate surface area is 140 Å². The predicted molar refractivity (Wildman–Crippen MR) is 91.1 cm³/mol. The number of amides is 2. The van der Waals surface area contributed by atoms with Crippen LogP contribution in [0.4, 0.5) is 0 Å². The Morgan fingerprint density at radius 3 is 2.38 bits per heavy atom. The molecule has 1 heterocycles. The van der Waals surface area contributed by atoms with Crippen LogP contribution in [0.25, 0.3) is 10.8 Å². The summed E-state index contributed by atoms with van der Waals surface area (Å²) in [7, 11) is 0. The number of hydrogen-bond acceptors (Lipinski definition) is 5. The van der Waals surface area contributed by atoms with Crippen molar-refractivity contribution in [1.82, 2.24) is 10.9 Å². The lowest BCUT2D eigenvalue weighted by Gasteiger charge is -2.08. The quantitative estimate of drug-likeness (QED) is 0.622. The number of hydrazine groups is 1. The van der Waals surface area contributed by atoms with Crippen molar-refractivity contribution in [1.29, 1.82) is 0 Å². The Morgan fingerprint density at radius 2 is 1.58 bits per heavy atom. The molecule has 120 valence electrons. The molecule has 0 unspecified atom stereocenters. The molecular weight excluding hydrogens is 328 g/mol. The van der Waals surface area contributed by atoms with Crippen LogP contribution in [0.3, 0.4) is 0 Å². The first kappa shape index (κ1) is 15.7. The van der Waals surface area contributed by atoms with Gasteiger partial charge in [-0.05, 0) is 29.7 Å². The van der Waals surface area contributed by atoms with Crippen molar-refractivity contribution < 1.29 is 14.7 Å². The number of carbonyl (C=O) groups excluding carboxylic acids is 2. The summed E-state index contributed by atoms with van der Waals surface area (Å²) in [5, 5.41) is 10.8. The molecular formula is C17H12N2O4S. The zero-order valence-corrected chi connectivity index (χ0v) is 13.1. The molecule has 0 spiro atoms. The van der Waals surface area contributed by atoms with Crippen LogP contribution in [0.1, 0.15) is 20.0 Å². The van der Waals surface area contributed by atoms with E-state index >= 15 is 0 Å². The van der Waals surface area contributed by atoms with E-state index in [0.717, 1.165) is 11.3 Å². The number of aromatic hydroxyl groups is 1. The molecule has 2 aromatic carbocycles. The molecule has 7 heteroatoms. The predicted octanol–water partition coefficient (Wildman–Crippen LogP) is 2.04. The van der Waals surface area contributed by atoms with Gasteiger partial charge < -0.3 is 5.11 Å². The van der Waals surface area contributed by atoms with Gasteiger partial charge in [0.15, 0.2) is 0 Å². The molecule has 0 radical (unpaired) electrons. The standard InChI is InChI=1S/C17H12N2O4S/c20-13-8-4-3-7-12(13)15(21)18-19-16(22)14-9-10-5-1-2-6-11(10)17(23)24-14/h1-9,20H,(H,18,21)(H,19,22). The normalized spacial score (nSPS) is 10.3. The number of rotatable bonds is 2. The molecule has 0 atom stereocenters. The SMILES string of the molecule is O=C(NNC(=O)c1ccccc1O)c1cc2ccccc2c(=O)s1. The topological polar surface area (TPSA) is 95.5 Å². The van der Waals surface area contributed by atoms with Crippen molar-refractivity contribution in [3.8, 4) is 5.75 Å². The first-order chi connectivity index (χ1) is 11.6. The molecule has 0 bridgehead atoms. The molecule has 0 fully saturated rings. The molecule has 3 aromatic rings. The monoisotopic (exact) mass is 340 g/mol. The maximum Gasteiger partial charge on any atom is 0.279 e. The Bertz CT molecular complexity index is 997. The van der Waals surface area contributed by atoms with Crippen LogP contribution in [-0.2, 0) is 0 Å². The van der Waals surface area contributed by atoms with Crippen LogP contribution in [-0.4, -0.2) is 16.9 Å². The molecule has 0 saturated heterocycles. The third-order valence-corrected chi connectivity index (χ3v) is 4.26. The van der Waals surface area contributed by atoms with Crippen LogP contribution >= 0.6 is 11.3 Å². The first-order valence-corrected chi connectivity index (χ1v) is 7.79. The summed E-state index contributed by atoms with van der Waals surface area (Å²) in [6.45, 7) is 0. The van der Waals surface area contributed by atoms with E-state index in [1.165, 1.54) is 12.1 Å². The molecule has 2 amide bonds. The average molecular weight is 340 g/mol. The Hall–Kier alpha value is -3.19. The lowest BCUT2D eigenvalue weighted by Crippen LogP contribution is -2.41. The van der Waals surface area contributed by atoms with Crippen LogP contribution < -0.4 is 15.6 Å². The molecule has 0 aliphatic heterocycles. The van der Waals surface area contributed by atoms with Crippen molar-refractivity contribution in [3.05, 3.63) is 74.6 Å². The summed E-state index contributed by atoms with van der Waals surface area (Å²) in [6.07, 6.45) is 0. The van der Waals surface area contributed by atoms with Gasteiger partial charge in [-0.1, -0.05) is 41.7 Å². The van der Waals surface area contributed by atoms with Gasteiger partial charge in [-0.15, -0.1) is 0 Å². The van der Waals surface area contributed by atoms with E-state index < -0.39 is 11.8 Å². The van der Waals surface area contributed by atoms with Gasteiger partial charge in [0.2, 0.25) is 4.74 Å². The number of fused-ring (bicyclic) bond motifs is 1.